The van der Waals surface area contributed by atoms with Gasteiger partial charge in [0, 0.05) is 18.3 Å². The Kier molecular flexibility index (Phi) is 5.51. The van der Waals surface area contributed by atoms with Crippen molar-refractivity contribution < 1.29 is 21.9 Å². The van der Waals surface area contributed by atoms with Crippen molar-refractivity contribution in [2.45, 2.75) is 17.9 Å². The van der Waals surface area contributed by atoms with Crippen molar-refractivity contribution in [2.75, 3.05) is 11.1 Å². The normalized spacial score (nSPS) is 12.6. The second-order valence-corrected chi connectivity index (χ2v) is 8.84. The van der Waals surface area contributed by atoms with E-state index in [0.29, 0.717) is 22.9 Å². The molecule has 0 aliphatic heterocycles. The minimum Gasteiger partial charge on any atom is -0.421 e. The lowest BCUT2D eigenvalue weighted by atomic mass is 10.3. The van der Waals surface area contributed by atoms with Crippen LogP contribution >= 0.6 is 0 Å². The number of hydrogen-bond donors (Lipinski definition) is 2. The summed E-state index contributed by atoms with van der Waals surface area (Å²) in [6.07, 6.45) is 1.41. The van der Waals surface area contributed by atoms with Crippen molar-refractivity contribution in [1.82, 2.24) is 20.2 Å². The van der Waals surface area contributed by atoms with Gasteiger partial charge in [-0.2, -0.15) is 10.1 Å². The summed E-state index contributed by atoms with van der Waals surface area (Å²) in [6.45, 7) is 1.72. The van der Waals surface area contributed by atoms with Crippen molar-refractivity contribution in [3.8, 4) is 11.8 Å². The van der Waals surface area contributed by atoms with E-state index < -0.39 is 27.5 Å². The van der Waals surface area contributed by atoms with Crippen LogP contribution in [0.4, 0.5) is 14.6 Å². The van der Waals surface area contributed by atoms with Gasteiger partial charge in [0.05, 0.1) is 16.0 Å². The number of ether oxygens (including phenoxy) is 1. The van der Waals surface area contributed by atoms with Gasteiger partial charge in [-0.1, -0.05) is 18.2 Å². The van der Waals surface area contributed by atoms with Crippen molar-refractivity contribution in [3.63, 3.8) is 0 Å². The molecule has 0 saturated heterocycles. The highest BCUT2D eigenvalue weighted by molar-refractivity contribution is 7.91. The molecule has 0 fully saturated rings. The molecule has 2 N–H and O–H groups in total. The average molecular weight is 445 g/mol. The molecule has 0 aliphatic carbocycles. The number of anilines is 1. The van der Waals surface area contributed by atoms with E-state index >= 15 is 0 Å². The molecule has 2 heterocycles. The van der Waals surface area contributed by atoms with E-state index in [-0.39, 0.29) is 22.4 Å². The van der Waals surface area contributed by atoms with Gasteiger partial charge >= 0.3 is 6.01 Å². The summed E-state index contributed by atoms with van der Waals surface area (Å²) in [5.74, 6) is -1.61. The van der Waals surface area contributed by atoms with Crippen LogP contribution < -0.4 is 10.1 Å². The number of rotatable bonds is 7. The van der Waals surface area contributed by atoms with Gasteiger partial charge in [-0.3, -0.25) is 5.10 Å². The van der Waals surface area contributed by atoms with Gasteiger partial charge in [0.2, 0.25) is 0 Å². The van der Waals surface area contributed by atoms with Crippen LogP contribution in [-0.2, 0) is 9.84 Å². The molecule has 8 nitrogen and oxygen atoms in total. The molecular weight excluding hydrogens is 428 g/mol. The third-order valence-corrected chi connectivity index (χ3v) is 6.27. The molecule has 0 amide bonds. The lowest BCUT2D eigenvalue weighted by Gasteiger charge is -2.14. The molecule has 4 aromatic rings. The largest absolute Gasteiger partial charge is 0.421 e. The van der Waals surface area contributed by atoms with E-state index in [0.717, 1.165) is 12.1 Å². The smallest absolute Gasteiger partial charge is 0.324 e. The lowest BCUT2D eigenvalue weighted by Crippen LogP contribution is -2.26. The average Bonchev–Trinajstić information content (AvgIpc) is 3.12. The van der Waals surface area contributed by atoms with Gasteiger partial charge in [-0.05, 0) is 31.2 Å². The highest BCUT2D eigenvalue weighted by atomic mass is 32.2. The minimum atomic E-state index is -3.48. The second-order valence-electron chi connectivity index (χ2n) is 6.80. The molecule has 160 valence electrons. The lowest BCUT2D eigenvalue weighted by molar-refractivity contribution is 0.409. The Morgan fingerprint density at radius 1 is 1.16 bits per heavy atom. The first-order chi connectivity index (χ1) is 14.8. The van der Waals surface area contributed by atoms with Crippen LogP contribution in [0.5, 0.6) is 11.8 Å². The van der Waals surface area contributed by atoms with Crippen LogP contribution in [0, 0.1) is 11.6 Å². The SMILES string of the molecule is CC(CS(=O)(=O)c1ccccc1)Nc1n[nH]c2nc(Oc3ccc(F)cc3F)ncc12. The molecule has 11 heteroatoms. The molecule has 0 aliphatic rings. The van der Waals surface area contributed by atoms with Crippen molar-refractivity contribution in [1.29, 1.82) is 0 Å². The van der Waals surface area contributed by atoms with Crippen LogP contribution in [-0.4, -0.2) is 40.4 Å². The Labute approximate surface area is 176 Å². The molecule has 0 saturated carbocycles. The maximum absolute atomic E-state index is 13.8. The fourth-order valence-corrected chi connectivity index (χ4v) is 4.44. The molecule has 2 aromatic carbocycles. The Balaban J connectivity index is 1.49. The predicted molar refractivity (Wildman–Crippen MR) is 110 cm³/mol. The number of aromatic amines is 1. The third-order valence-electron chi connectivity index (χ3n) is 4.35. The maximum Gasteiger partial charge on any atom is 0.324 e. The topological polar surface area (TPSA) is 110 Å². The number of sulfone groups is 1. The quantitative estimate of drug-likeness (QED) is 0.446. The molecule has 0 spiro atoms. The zero-order chi connectivity index (χ0) is 22.0. The zero-order valence-corrected chi connectivity index (χ0v) is 17.0. The molecule has 31 heavy (non-hydrogen) atoms. The van der Waals surface area contributed by atoms with E-state index in [4.69, 9.17) is 4.74 Å². The number of aromatic nitrogens is 4. The first-order valence-corrected chi connectivity index (χ1v) is 10.9. The van der Waals surface area contributed by atoms with E-state index in [2.05, 4.69) is 25.5 Å². The van der Waals surface area contributed by atoms with Gasteiger partial charge in [0.1, 0.15) is 5.82 Å². The number of hydrogen-bond acceptors (Lipinski definition) is 7. The van der Waals surface area contributed by atoms with E-state index in [1.54, 1.807) is 37.3 Å². The molecule has 0 bridgehead atoms. The predicted octanol–water partition coefficient (Wildman–Crippen LogP) is 3.70. The van der Waals surface area contributed by atoms with Crippen molar-refractivity contribution in [3.05, 3.63) is 66.4 Å². The van der Waals surface area contributed by atoms with E-state index in [1.165, 1.54) is 6.20 Å². The molecule has 2 aromatic heterocycles. The number of halogens is 2. The van der Waals surface area contributed by atoms with Gasteiger partial charge in [0.25, 0.3) is 0 Å². The van der Waals surface area contributed by atoms with Gasteiger partial charge < -0.3 is 10.1 Å². The van der Waals surface area contributed by atoms with E-state index in [1.807, 2.05) is 0 Å². The molecule has 1 unspecified atom stereocenters. The molecule has 4 rings (SSSR count). The fraction of sp³-hybridized carbons (Fsp3) is 0.150. The summed E-state index contributed by atoms with van der Waals surface area (Å²) < 4.78 is 57.1. The standard InChI is InChI=1S/C20H17F2N5O3S/c1-12(11-31(28,29)14-5-3-2-4-6-14)24-18-15-10-23-20(25-19(15)27-26-18)30-17-8-7-13(21)9-16(17)22/h2-10,12H,11H2,1H3,(H2,23,24,25,26,27). The summed E-state index contributed by atoms with van der Waals surface area (Å²) in [6, 6.07) is 10.4. The van der Waals surface area contributed by atoms with Gasteiger partial charge in [-0.15, -0.1) is 0 Å². The Morgan fingerprint density at radius 3 is 2.68 bits per heavy atom. The number of nitrogens with zero attached hydrogens (tertiary/aromatic N) is 3. The summed E-state index contributed by atoms with van der Waals surface area (Å²) >= 11 is 0. The fourth-order valence-electron chi connectivity index (χ4n) is 2.94. The summed E-state index contributed by atoms with van der Waals surface area (Å²) in [5, 5.41) is 10.3. The van der Waals surface area contributed by atoms with E-state index in [9.17, 15) is 17.2 Å². The Hall–Kier alpha value is -3.60. The first-order valence-electron chi connectivity index (χ1n) is 9.20. The van der Waals surface area contributed by atoms with Crippen LogP contribution in [0.15, 0.2) is 59.6 Å². The summed E-state index contributed by atoms with van der Waals surface area (Å²) in [7, 11) is -3.48. The highest BCUT2D eigenvalue weighted by Gasteiger charge is 2.20. The first kappa shape index (κ1) is 20.7. The van der Waals surface area contributed by atoms with Crippen molar-refractivity contribution >= 4 is 26.7 Å². The monoisotopic (exact) mass is 445 g/mol. The maximum atomic E-state index is 13.8. The number of H-pyrrole nitrogens is 1. The van der Waals surface area contributed by atoms with Crippen molar-refractivity contribution in [2.24, 2.45) is 0 Å². The zero-order valence-electron chi connectivity index (χ0n) is 16.2. The Bertz CT molecular complexity index is 1330. The number of benzene rings is 2. The highest BCUT2D eigenvalue weighted by Crippen LogP contribution is 2.25. The van der Waals surface area contributed by atoms with Gasteiger partial charge in [-0.25, -0.2) is 22.2 Å². The van der Waals surface area contributed by atoms with Crippen LogP contribution in [0.3, 0.4) is 0 Å². The number of fused-ring (bicyclic) bond motifs is 1. The molecular formula is C20H17F2N5O3S. The summed E-state index contributed by atoms with van der Waals surface area (Å²) in [5.41, 5.74) is 0.299. The minimum absolute atomic E-state index is 0.142. The second kappa shape index (κ2) is 8.26. The molecule has 0 radical (unpaired) electrons. The Morgan fingerprint density at radius 2 is 1.94 bits per heavy atom. The van der Waals surface area contributed by atoms with Crippen LogP contribution in [0.25, 0.3) is 11.0 Å². The summed E-state index contributed by atoms with van der Waals surface area (Å²) in [4.78, 5) is 8.37. The third kappa shape index (κ3) is 4.61. The number of nitrogens with one attached hydrogen (secondary N) is 2. The molecule has 1 atom stereocenters. The van der Waals surface area contributed by atoms with Gasteiger partial charge in [0.15, 0.2) is 32.9 Å². The van der Waals surface area contributed by atoms with Crippen LogP contribution in [0.2, 0.25) is 0 Å². The van der Waals surface area contributed by atoms with Crippen LogP contribution in [0.1, 0.15) is 6.92 Å².